The molecule has 1 fully saturated rings. The number of piperidine rings is 1. The first kappa shape index (κ1) is 13.5. The van der Waals surface area contributed by atoms with Gasteiger partial charge in [-0.15, -0.1) is 11.3 Å². The lowest BCUT2D eigenvalue weighted by molar-refractivity contribution is 0.135. The highest BCUT2D eigenvalue weighted by molar-refractivity contribution is 9.10. The Morgan fingerprint density at radius 2 is 2.41 bits per heavy atom. The molecule has 0 aromatic carbocycles. The number of likely N-dealkylation sites (tertiary alicyclic amines) is 1. The van der Waals surface area contributed by atoms with Gasteiger partial charge in [-0.25, -0.2) is 0 Å². The van der Waals surface area contributed by atoms with Crippen LogP contribution < -0.4 is 5.73 Å². The minimum Gasteiger partial charge on any atom is -0.329 e. The van der Waals surface area contributed by atoms with Crippen molar-refractivity contribution in [1.29, 1.82) is 0 Å². The number of aryl methyl sites for hydroxylation is 1. The van der Waals surface area contributed by atoms with Crippen LogP contribution in [-0.4, -0.2) is 24.5 Å². The van der Waals surface area contributed by atoms with Crippen molar-refractivity contribution >= 4 is 27.3 Å². The molecule has 2 heterocycles. The fourth-order valence-electron chi connectivity index (χ4n) is 2.60. The summed E-state index contributed by atoms with van der Waals surface area (Å²) in [5, 5.41) is 0. The van der Waals surface area contributed by atoms with Crippen molar-refractivity contribution in [2.24, 2.45) is 11.7 Å². The lowest BCUT2D eigenvalue weighted by atomic mass is 9.98. The molecule has 0 bridgehead atoms. The SMILES string of the molecule is Cc1sc(C(CN)N2CCCC(C)C2)cc1Br. The molecule has 1 aromatic heterocycles. The monoisotopic (exact) mass is 316 g/mol. The third-order valence-electron chi connectivity index (χ3n) is 3.56. The van der Waals surface area contributed by atoms with Crippen LogP contribution in [-0.2, 0) is 0 Å². The summed E-state index contributed by atoms with van der Waals surface area (Å²) in [4.78, 5) is 5.32. The molecular formula is C13H21BrN2S. The highest BCUT2D eigenvalue weighted by Gasteiger charge is 2.25. The summed E-state index contributed by atoms with van der Waals surface area (Å²) < 4.78 is 1.22. The maximum atomic E-state index is 5.99. The molecule has 1 saturated heterocycles. The van der Waals surface area contributed by atoms with Crippen molar-refractivity contribution in [2.75, 3.05) is 19.6 Å². The normalized spacial score (nSPS) is 23.9. The maximum absolute atomic E-state index is 5.99. The van der Waals surface area contributed by atoms with Crippen molar-refractivity contribution in [3.63, 3.8) is 0 Å². The first-order valence-corrected chi connectivity index (χ1v) is 7.92. The van der Waals surface area contributed by atoms with Gasteiger partial charge in [-0.3, -0.25) is 4.90 Å². The van der Waals surface area contributed by atoms with Crippen LogP contribution in [0, 0.1) is 12.8 Å². The van der Waals surface area contributed by atoms with Gasteiger partial charge in [-0.2, -0.15) is 0 Å². The van der Waals surface area contributed by atoms with E-state index in [4.69, 9.17) is 5.73 Å². The summed E-state index contributed by atoms with van der Waals surface area (Å²) >= 11 is 5.47. The van der Waals surface area contributed by atoms with Gasteiger partial charge in [-0.1, -0.05) is 6.92 Å². The van der Waals surface area contributed by atoms with E-state index in [9.17, 15) is 0 Å². The van der Waals surface area contributed by atoms with Crippen LogP contribution in [0.3, 0.4) is 0 Å². The second-order valence-corrected chi connectivity index (χ2v) is 7.19. The van der Waals surface area contributed by atoms with E-state index in [0.29, 0.717) is 6.04 Å². The molecule has 2 unspecified atom stereocenters. The molecule has 0 saturated carbocycles. The number of halogens is 1. The zero-order valence-electron chi connectivity index (χ0n) is 10.6. The van der Waals surface area contributed by atoms with E-state index in [1.165, 1.54) is 40.2 Å². The molecular weight excluding hydrogens is 296 g/mol. The molecule has 1 aromatic rings. The van der Waals surface area contributed by atoms with Crippen molar-refractivity contribution < 1.29 is 0 Å². The zero-order valence-corrected chi connectivity index (χ0v) is 13.0. The van der Waals surface area contributed by atoms with Gasteiger partial charge < -0.3 is 5.73 Å². The Hall–Kier alpha value is 0.100. The zero-order chi connectivity index (χ0) is 12.4. The summed E-state index contributed by atoms with van der Waals surface area (Å²) in [5.74, 6) is 0.808. The van der Waals surface area contributed by atoms with Gasteiger partial charge >= 0.3 is 0 Å². The molecule has 2 N–H and O–H groups in total. The van der Waals surface area contributed by atoms with E-state index < -0.39 is 0 Å². The van der Waals surface area contributed by atoms with Gasteiger partial charge in [0.1, 0.15) is 0 Å². The van der Waals surface area contributed by atoms with Crippen molar-refractivity contribution in [2.45, 2.75) is 32.7 Å². The average molecular weight is 317 g/mol. The predicted molar refractivity (Wildman–Crippen MR) is 78.5 cm³/mol. The molecule has 0 amide bonds. The van der Waals surface area contributed by atoms with Crippen LogP contribution in [0.15, 0.2) is 10.5 Å². The number of thiophene rings is 1. The van der Waals surface area contributed by atoms with Crippen LogP contribution in [0.25, 0.3) is 0 Å². The Balaban J connectivity index is 2.15. The Morgan fingerprint density at radius 1 is 1.65 bits per heavy atom. The van der Waals surface area contributed by atoms with Crippen molar-refractivity contribution in [1.82, 2.24) is 4.90 Å². The average Bonchev–Trinajstić information content (AvgIpc) is 2.60. The van der Waals surface area contributed by atoms with Gasteiger partial charge in [-0.05, 0) is 54.2 Å². The molecule has 0 spiro atoms. The van der Waals surface area contributed by atoms with E-state index in [1.807, 2.05) is 11.3 Å². The summed E-state index contributed by atoms with van der Waals surface area (Å²) in [6.45, 7) is 7.61. The van der Waals surface area contributed by atoms with E-state index in [2.05, 4.69) is 40.7 Å². The molecule has 4 heteroatoms. The van der Waals surface area contributed by atoms with Gasteiger partial charge in [0.05, 0.1) is 6.04 Å². The standard InChI is InChI=1S/C13H21BrN2S/c1-9-4-3-5-16(8-9)12(7-15)13-6-11(14)10(2)17-13/h6,9,12H,3-5,7-8,15H2,1-2H3. The second-order valence-electron chi connectivity index (χ2n) is 5.05. The molecule has 2 nitrogen and oxygen atoms in total. The lowest BCUT2D eigenvalue weighted by Crippen LogP contribution is -2.40. The molecule has 96 valence electrons. The van der Waals surface area contributed by atoms with Crippen LogP contribution in [0.4, 0.5) is 0 Å². The van der Waals surface area contributed by atoms with Crippen molar-refractivity contribution in [3.05, 3.63) is 20.3 Å². The fourth-order valence-corrected chi connectivity index (χ4v) is 4.31. The third-order valence-corrected chi connectivity index (χ3v) is 5.79. The second kappa shape index (κ2) is 5.83. The Morgan fingerprint density at radius 3 is 2.94 bits per heavy atom. The van der Waals surface area contributed by atoms with E-state index in [0.717, 1.165) is 12.5 Å². The number of hydrogen-bond donors (Lipinski definition) is 1. The molecule has 1 aliphatic heterocycles. The maximum Gasteiger partial charge on any atom is 0.0564 e. The highest BCUT2D eigenvalue weighted by Crippen LogP contribution is 2.34. The Bertz CT molecular complexity index is 358. The van der Waals surface area contributed by atoms with E-state index in [1.54, 1.807) is 0 Å². The number of nitrogens with two attached hydrogens (primary N) is 1. The Kier molecular flexibility index (Phi) is 4.64. The van der Waals surface area contributed by atoms with Gasteiger partial charge in [0.2, 0.25) is 0 Å². The van der Waals surface area contributed by atoms with Crippen LogP contribution >= 0.6 is 27.3 Å². The highest BCUT2D eigenvalue weighted by atomic mass is 79.9. The lowest BCUT2D eigenvalue weighted by Gasteiger charge is -2.36. The molecule has 2 atom stereocenters. The van der Waals surface area contributed by atoms with Gasteiger partial charge in [0.25, 0.3) is 0 Å². The first-order chi connectivity index (χ1) is 8.11. The largest absolute Gasteiger partial charge is 0.329 e. The molecule has 17 heavy (non-hydrogen) atoms. The number of nitrogens with zero attached hydrogens (tertiary/aromatic N) is 1. The predicted octanol–water partition coefficient (Wildman–Crippen LogP) is 3.55. The van der Waals surface area contributed by atoms with E-state index in [-0.39, 0.29) is 0 Å². The van der Waals surface area contributed by atoms with Crippen LogP contribution in [0.5, 0.6) is 0 Å². The van der Waals surface area contributed by atoms with Gasteiger partial charge in [0, 0.05) is 27.3 Å². The summed E-state index contributed by atoms with van der Waals surface area (Å²) in [7, 11) is 0. The molecule has 0 aliphatic carbocycles. The van der Waals surface area contributed by atoms with Gasteiger partial charge in [0.15, 0.2) is 0 Å². The summed E-state index contributed by atoms with van der Waals surface area (Å²) in [6.07, 6.45) is 2.67. The minimum absolute atomic E-state index is 0.410. The molecule has 0 radical (unpaired) electrons. The van der Waals surface area contributed by atoms with Crippen LogP contribution in [0.1, 0.15) is 35.6 Å². The molecule has 2 rings (SSSR count). The first-order valence-electron chi connectivity index (χ1n) is 6.31. The minimum atomic E-state index is 0.410. The number of hydrogen-bond acceptors (Lipinski definition) is 3. The van der Waals surface area contributed by atoms with E-state index >= 15 is 0 Å². The number of rotatable bonds is 3. The van der Waals surface area contributed by atoms with Crippen molar-refractivity contribution in [3.8, 4) is 0 Å². The topological polar surface area (TPSA) is 29.3 Å². The summed E-state index contributed by atoms with van der Waals surface area (Å²) in [5.41, 5.74) is 5.99. The third kappa shape index (κ3) is 3.11. The fraction of sp³-hybridized carbons (Fsp3) is 0.692. The smallest absolute Gasteiger partial charge is 0.0564 e. The quantitative estimate of drug-likeness (QED) is 0.924. The Labute approximate surface area is 116 Å². The molecule has 1 aliphatic rings. The summed E-state index contributed by atoms with van der Waals surface area (Å²) in [6, 6.07) is 2.66. The van der Waals surface area contributed by atoms with Crippen LogP contribution in [0.2, 0.25) is 0 Å².